The maximum absolute atomic E-state index is 13.2. The molecule has 1 atom stereocenters. The highest BCUT2D eigenvalue weighted by molar-refractivity contribution is 6.36. The van der Waals surface area contributed by atoms with Gasteiger partial charge in [0.05, 0.1) is 6.42 Å². The van der Waals surface area contributed by atoms with Gasteiger partial charge in [0.25, 0.3) is 0 Å². The second-order valence-electron chi connectivity index (χ2n) is 7.28. The van der Waals surface area contributed by atoms with Gasteiger partial charge in [0.2, 0.25) is 11.8 Å². The van der Waals surface area contributed by atoms with Crippen LogP contribution in [-0.2, 0) is 22.6 Å². The molecule has 0 unspecified atom stereocenters. The SMILES string of the molecule is CCCNC(=O)[C@@H](C)N(Cc1c(Cl)cccc1Cl)C(=O)Cc1ccc(C)c(C)c1. The Hall–Kier alpha value is -2.04. The van der Waals surface area contributed by atoms with Gasteiger partial charge in [-0.3, -0.25) is 9.59 Å². The van der Waals surface area contributed by atoms with Crippen LogP contribution < -0.4 is 5.32 Å². The minimum Gasteiger partial charge on any atom is -0.354 e. The molecule has 2 aromatic carbocycles. The van der Waals surface area contributed by atoms with E-state index >= 15 is 0 Å². The Labute approximate surface area is 183 Å². The van der Waals surface area contributed by atoms with Gasteiger partial charge < -0.3 is 10.2 Å². The van der Waals surface area contributed by atoms with Gasteiger partial charge in [-0.25, -0.2) is 0 Å². The van der Waals surface area contributed by atoms with Crippen LogP contribution in [-0.4, -0.2) is 29.3 Å². The average molecular weight is 435 g/mol. The number of carbonyl (C=O) groups is 2. The summed E-state index contributed by atoms with van der Waals surface area (Å²) < 4.78 is 0. The van der Waals surface area contributed by atoms with Crippen molar-refractivity contribution in [2.45, 2.75) is 53.1 Å². The van der Waals surface area contributed by atoms with Crippen molar-refractivity contribution in [2.24, 2.45) is 0 Å². The lowest BCUT2D eigenvalue weighted by Crippen LogP contribution is -2.48. The number of hydrogen-bond donors (Lipinski definition) is 1. The third-order valence-corrected chi connectivity index (χ3v) is 5.74. The van der Waals surface area contributed by atoms with Crippen molar-refractivity contribution in [1.82, 2.24) is 10.2 Å². The predicted molar refractivity (Wildman–Crippen MR) is 119 cm³/mol. The first-order chi connectivity index (χ1) is 13.7. The van der Waals surface area contributed by atoms with E-state index in [1.807, 2.05) is 39.0 Å². The van der Waals surface area contributed by atoms with E-state index in [2.05, 4.69) is 5.32 Å². The lowest BCUT2D eigenvalue weighted by Gasteiger charge is -2.29. The topological polar surface area (TPSA) is 49.4 Å². The molecule has 156 valence electrons. The number of nitrogens with zero attached hydrogens (tertiary/aromatic N) is 1. The van der Waals surface area contributed by atoms with Gasteiger partial charge in [-0.1, -0.05) is 54.4 Å². The molecule has 0 saturated carbocycles. The molecular formula is C23H28Cl2N2O2. The largest absolute Gasteiger partial charge is 0.354 e. The normalized spacial score (nSPS) is 11.8. The fraction of sp³-hybridized carbons (Fsp3) is 0.391. The Kier molecular flexibility index (Phi) is 8.54. The second-order valence-corrected chi connectivity index (χ2v) is 8.10. The van der Waals surface area contributed by atoms with E-state index in [4.69, 9.17) is 23.2 Å². The smallest absolute Gasteiger partial charge is 0.242 e. The molecule has 0 bridgehead atoms. The number of nitrogens with one attached hydrogen (secondary N) is 1. The molecule has 0 fully saturated rings. The van der Waals surface area contributed by atoms with Crippen molar-refractivity contribution in [2.75, 3.05) is 6.54 Å². The van der Waals surface area contributed by atoms with Gasteiger partial charge >= 0.3 is 0 Å². The first-order valence-electron chi connectivity index (χ1n) is 9.80. The molecule has 1 N–H and O–H groups in total. The molecular weight excluding hydrogens is 407 g/mol. The summed E-state index contributed by atoms with van der Waals surface area (Å²) in [6.07, 6.45) is 1.03. The van der Waals surface area contributed by atoms with E-state index in [0.717, 1.165) is 17.5 Å². The van der Waals surface area contributed by atoms with Crippen molar-refractivity contribution in [1.29, 1.82) is 0 Å². The predicted octanol–water partition coefficient (Wildman–Crippen LogP) is 5.10. The van der Waals surface area contributed by atoms with Crippen LogP contribution in [0.2, 0.25) is 10.0 Å². The van der Waals surface area contributed by atoms with Crippen molar-refractivity contribution >= 4 is 35.0 Å². The molecule has 2 aromatic rings. The molecule has 0 spiro atoms. The summed E-state index contributed by atoms with van der Waals surface area (Å²) in [4.78, 5) is 27.4. The summed E-state index contributed by atoms with van der Waals surface area (Å²) in [6, 6.07) is 10.5. The summed E-state index contributed by atoms with van der Waals surface area (Å²) in [6.45, 7) is 8.50. The summed E-state index contributed by atoms with van der Waals surface area (Å²) in [5.74, 6) is -0.341. The monoisotopic (exact) mass is 434 g/mol. The summed E-state index contributed by atoms with van der Waals surface area (Å²) in [5, 5.41) is 3.81. The van der Waals surface area contributed by atoms with Crippen LogP contribution in [0.4, 0.5) is 0 Å². The highest BCUT2D eigenvalue weighted by atomic mass is 35.5. The van der Waals surface area contributed by atoms with Crippen LogP contribution in [0.1, 0.15) is 42.5 Å². The maximum atomic E-state index is 13.2. The molecule has 0 aromatic heterocycles. The van der Waals surface area contributed by atoms with Gasteiger partial charge in [0, 0.05) is 28.7 Å². The first-order valence-corrected chi connectivity index (χ1v) is 10.6. The fourth-order valence-corrected chi connectivity index (χ4v) is 3.54. The third-order valence-electron chi connectivity index (χ3n) is 5.03. The number of amides is 2. The molecule has 0 aliphatic heterocycles. The Morgan fingerprint density at radius 1 is 1.07 bits per heavy atom. The highest BCUT2D eigenvalue weighted by Crippen LogP contribution is 2.27. The van der Waals surface area contributed by atoms with Crippen LogP contribution >= 0.6 is 23.2 Å². The Morgan fingerprint density at radius 3 is 2.31 bits per heavy atom. The average Bonchev–Trinajstić information content (AvgIpc) is 2.68. The van der Waals surface area contributed by atoms with Gasteiger partial charge in [-0.15, -0.1) is 0 Å². The molecule has 2 rings (SSSR count). The Morgan fingerprint density at radius 2 is 1.72 bits per heavy atom. The van der Waals surface area contributed by atoms with Crippen LogP contribution in [0.15, 0.2) is 36.4 Å². The van der Waals surface area contributed by atoms with E-state index < -0.39 is 6.04 Å². The Balaban J connectivity index is 2.30. The van der Waals surface area contributed by atoms with Crippen molar-refractivity contribution in [3.8, 4) is 0 Å². The molecule has 0 saturated heterocycles. The quantitative estimate of drug-likeness (QED) is 0.628. The van der Waals surface area contributed by atoms with Gasteiger partial charge in [-0.05, 0) is 56.0 Å². The molecule has 0 aliphatic rings. The molecule has 6 heteroatoms. The number of hydrogen-bond acceptors (Lipinski definition) is 2. The zero-order valence-corrected chi connectivity index (χ0v) is 18.9. The number of benzene rings is 2. The van der Waals surface area contributed by atoms with Gasteiger partial charge in [0.15, 0.2) is 0 Å². The maximum Gasteiger partial charge on any atom is 0.242 e. The van der Waals surface area contributed by atoms with E-state index in [0.29, 0.717) is 22.2 Å². The number of halogens is 2. The van der Waals surface area contributed by atoms with Crippen LogP contribution in [0.25, 0.3) is 0 Å². The van der Waals surface area contributed by atoms with Crippen molar-refractivity contribution < 1.29 is 9.59 Å². The van der Waals surface area contributed by atoms with E-state index in [-0.39, 0.29) is 24.8 Å². The number of carbonyl (C=O) groups excluding carboxylic acids is 2. The lowest BCUT2D eigenvalue weighted by atomic mass is 10.0. The molecule has 0 aliphatic carbocycles. The standard InChI is InChI=1S/C23H28Cl2N2O2/c1-5-11-26-23(29)17(4)27(14-19-20(24)7-6-8-21(19)25)22(28)13-18-10-9-15(2)16(3)12-18/h6-10,12,17H,5,11,13-14H2,1-4H3,(H,26,29)/t17-/m1/s1. The number of aryl methyl sites for hydroxylation is 2. The van der Waals surface area contributed by atoms with Crippen molar-refractivity contribution in [3.05, 3.63) is 68.7 Å². The molecule has 2 amide bonds. The van der Waals surface area contributed by atoms with E-state index in [1.54, 1.807) is 30.0 Å². The molecule has 0 radical (unpaired) electrons. The summed E-state index contributed by atoms with van der Waals surface area (Å²) in [5.41, 5.74) is 3.85. The van der Waals surface area contributed by atoms with E-state index in [1.165, 1.54) is 5.56 Å². The summed E-state index contributed by atoms with van der Waals surface area (Å²) >= 11 is 12.6. The molecule has 29 heavy (non-hydrogen) atoms. The zero-order valence-electron chi connectivity index (χ0n) is 17.4. The van der Waals surface area contributed by atoms with Gasteiger partial charge in [-0.2, -0.15) is 0 Å². The Bertz CT molecular complexity index is 863. The minimum absolute atomic E-state index is 0.150. The minimum atomic E-state index is -0.645. The zero-order chi connectivity index (χ0) is 21.6. The second kappa shape index (κ2) is 10.7. The fourth-order valence-electron chi connectivity index (χ4n) is 3.02. The van der Waals surface area contributed by atoms with Gasteiger partial charge in [0.1, 0.15) is 6.04 Å². The van der Waals surface area contributed by atoms with Crippen molar-refractivity contribution in [3.63, 3.8) is 0 Å². The highest BCUT2D eigenvalue weighted by Gasteiger charge is 2.27. The number of rotatable bonds is 8. The lowest BCUT2D eigenvalue weighted by molar-refractivity contribution is -0.140. The van der Waals surface area contributed by atoms with Crippen LogP contribution in [0, 0.1) is 13.8 Å². The van der Waals surface area contributed by atoms with Crippen LogP contribution in [0.3, 0.4) is 0 Å². The van der Waals surface area contributed by atoms with Crippen LogP contribution in [0.5, 0.6) is 0 Å². The van der Waals surface area contributed by atoms with E-state index in [9.17, 15) is 9.59 Å². The first kappa shape index (κ1) is 23.2. The molecule has 0 heterocycles. The summed E-state index contributed by atoms with van der Waals surface area (Å²) in [7, 11) is 0. The third kappa shape index (κ3) is 6.22. The molecule has 4 nitrogen and oxygen atoms in total.